The highest BCUT2D eigenvalue weighted by Crippen LogP contribution is 2.26. The number of fused-ring (bicyclic) bond motifs is 1. The Morgan fingerprint density at radius 2 is 2.30 bits per heavy atom. The Morgan fingerprint density at radius 3 is 3.00 bits per heavy atom. The number of carbonyl (C=O) groups is 1. The van der Waals surface area contributed by atoms with E-state index < -0.39 is 0 Å². The number of nitrogens with two attached hydrogens (primary N) is 1. The van der Waals surface area contributed by atoms with Crippen LogP contribution in [0.2, 0.25) is 0 Å². The first-order valence-corrected chi connectivity index (χ1v) is 7.49. The van der Waals surface area contributed by atoms with Crippen molar-refractivity contribution in [2.24, 2.45) is 0 Å². The van der Waals surface area contributed by atoms with E-state index in [1.807, 2.05) is 11.8 Å². The van der Waals surface area contributed by atoms with Gasteiger partial charge in [0.1, 0.15) is 0 Å². The number of aryl methyl sites for hydroxylation is 1. The van der Waals surface area contributed by atoms with E-state index in [0.717, 1.165) is 25.2 Å². The molecule has 20 heavy (non-hydrogen) atoms. The SMILES string of the molecule is CCc1[nH]nc(C(=O)N2CC3CCCN3CC2C)c1N. The van der Waals surface area contributed by atoms with E-state index in [-0.39, 0.29) is 11.9 Å². The number of H-pyrrole nitrogens is 1. The lowest BCUT2D eigenvalue weighted by Gasteiger charge is -2.42. The molecule has 0 aliphatic carbocycles. The van der Waals surface area contributed by atoms with E-state index >= 15 is 0 Å². The molecular weight excluding hydrogens is 254 g/mol. The molecule has 0 saturated carbocycles. The van der Waals surface area contributed by atoms with Crippen molar-refractivity contribution in [3.63, 3.8) is 0 Å². The largest absolute Gasteiger partial charge is 0.395 e. The van der Waals surface area contributed by atoms with Crippen LogP contribution in [0.1, 0.15) is 42.9 Å². The standard InChI is InChI=1S/C14H23N5O/c1-3-11-12(15)13(17-16-11)14(20)19-8-10-5-4-6-18(10)7-9(19)2/h9-10H,3-8,15H2,1-2H3,(H,16,17). The van der Waals surface area contributed by atoms with E-state index in [2.05, 4.69) is 22.0 Å². The summed E-state index contributed by atoms with van der Waals surface area (Å²) in [5.41, 5.74) is 7.77. The zero-order valence-electron chi connectivity index (χ0n) is 12.2. The van der Waals surface area contributed by atoms with Gasteiger partial charge in [-0.3, -0.25) is 14.8 Å². The van der Waals surface area contributed by atoms with E-state index in [1.165, 1.54) is 19.4 Å². The molecule has 1 aromatic rings. The number of anilines is 1. The van der Waals surface area contributed by atoms with Gasteiger partial charge < -0.3 is 10.6 Å². The Bertz CT molecular complexity index is 512. The Kier molecular flexibility index (Phi) is 3.41. The Morgan fingerprint density at radius 1 is 1.50 bits per heavy atom. The first-order valence-electron chi connectivity index (χ1n) is 7.49. The minimum Gasteiger partial charge on any atom is -0.395 e. The number of piperazine rings is 1. The molecular formula is C14H23N5O. The van der Waals surface area contributed by atoms with Crippen molar-refractivity contribution in [3.8, 4) is 0 Å². The number of hydrogen-bond acceptors (Lipinski definition) is 4. The van der Waals surface area contributed by atoms with Crippen LogP contribution in [-0.2, 0) is 6.42 Å². The van der Waals surface area contributed by atoms with E-state index in [4.69, 9.17) is 5.73 Å². The van der Waals surface area contributed by atoms with Crippen LogP contribution in [0, 0.1) is 0 Å². The highest BCUT2D eigenvalue weighted by Gasteiger charge is 2.37. The van der Waals surface area contributed by atoms with E-state index in [1.54, 1.807) is 0 Å². The van der Waals surface area contributed by atoms with Crippen molar-refractivity contribution < 1.29 is 4.79 Å². The van der Waals surface area contributed by atoms with Crippen molar-refractivity contribution in [1.82, 2.24) is 20.0 Å². The number of amides is 1. The molecule has 3 heterocycles. The zero-order chi connectivity index (χ0) is 14.3. The van der Waals surface area contributed by atoms with Crippen LogP contribution in [0.15, 0.2) is 0 Å². The average molecular weight is 277 g/mol. The van der Waals surface area contributed by atoms with E-state index in [9.17, 15) is 4.79 Å². The summed E-state index contributed by atoms with van der Waals surface area (Å²) in [5, 5.41) is 7.00. The number of aromatic amines is 1. The summed E-state index contributed by atoms with van der Waals surface area (Å²) in [6.07, 6.45) is 3.19. The molecule has 2 fully saturated rings. The topological polar surface area (TPSA) is 78.2 Å². The molecule has 0 spiro atoms. The molecule has 0 radical (unpaired) electrons. The molecule has 2 aliphatic heterocycles. The van der Waals surface area contributed by atoms with Crippen molar-refractivity contribution in [3.05, 3.63) is 11.4 Å². The van der Waals surface area contributed by atoms with Crippen LogP contribution < -0.4 is 5.73 Å². The van der Waals surface area contributed by atoms with Gasteiger partial charge in [-0.2, -0.15) is 5.10 Å². The van der Waals surface area contributed by atoms with Gasteiger partial charge in [0.15, 0.2) is 5.69 Å². The molecule has 0 bridgehead atoms. The van der Waals surface area contributed by atoms with Crippen LogP contribution in [0.25, 0.3) is 0 Å². The van der Waals surface area contributed by atoms with Crippen LogP contribution in [0.3, 0.4) is 0 Å². The molecule has 2 saturated heterocycles. The monoisotopic (exact) mass is 277 g/mol. The first-order chi connectivity index (χ1) is 9.61. The predicted molar refractivity (Wildman–Crippen MR) is 77.5 cm³/mol. The van der Waals surface area contributed by atoms with Gasteiger partial charge in [-0.1, -0.05) is 6.92 Å². The smallest absolute Gasteiger partial charge is 0.276 e. The van der Waals surface area contributed by atoms with Crippen LogP contribution in [-0.4, -0.2) is 57.6 Å². The molecule has 110 valence electrons. The average Bonchev–Trinajstić information content (AvgIpc) is 3.02. The fourth-order valence-electron chi connectivity index (χ4n) is 3.43. The third-order valence-corrected chi connectivity index (χ3v) is 4.64. The lowest BCUT2D eigenvalue weighted by Crippen LogP contribution is -2.56. The Hall–Kier alpha value is -1.56. The van der Waals surface area contributed by atoms with Gasteiger partial charge in [0.2, 0.25) is 0 Å². The van der Waals surface area contributed by atoms with Crippen LogP contribution in [0.5, 0.6) is 0 Å². The molecule has 3 N–H and O–H groups in total. The number of rotatable bonds is 2. The van der Waals surface area contributed by atoms with Crippen LogP contribution >= 0.6 is 0 Å². The minimum atomic E-state index is -0.0301. The Labute approximate surface area is 119 Å². The summed E-state index contributed by atoms with van der Waals surface area (Å²) in [6.45, 7) is 7.03. The lowest BCUT2D eigenvalue weighted by atomic mass is 10.1. The summed E-state index contributed by atoms with van der Waals surface area (Å²) in [7, 11) is 0. The number of carbonyl (C=O) groups excluding carboxylic acids is 1. The highest BCUT2D eigenvalue weighted by molar-refractivity contribution is 5.97. The predicted octanol–water partition coefficient (Wildman–Crippen LogP) is 0.863. The fraction of sp³-hybridized carbons (Fsp3) is 0.714. The molecule has 2 unspecified atom stereocenters. The normalized spacial score (nSPS) is 26.8. The quantitative estimate of drug-likeness (QED) is 0.840. The van der Waals surface area contributed by atoms with Crippen molar-refractivity contribution in [2.45, 2.75) is 45.2 Å². The summed E-state index contributed by atoms with van der Waals surface area (Å²) in [6, 6.07) is 0.735. The van der Waals surface area contributed by atoms with Gasteiger partial charge in [-0.25, -0.2) is 0 Å². The summed E-state index contributed by atoms with van der Waals surface area (Å²) < 4.78 is 0. The van der Waals surface area contributed by atoms with Gasteiger partial charge in [-0.15, -0.1) is 0 Å². The molecule has 2 aliphatic rings. The molecule has 6 nitrogen and oxygen atoms in total. The maximum Gasteiger partial charge on any atom is 0.276 e. The molecule has 3 rings (SSSR count). The summed E-state index contributed by atoms with van der Waals surface area (Å²) in [5.74, 6) is -0.0301. The van der Waals surface area contributed by atoms with Crippen molar-refractivity contribution in [2.75, 3.05) is 25.4 Å². The fourth-order valence-corrected chi connectivity index (χ4v) is 3.43. The van der Waals surface area contributed by atoms with Gasteiger partial charge in [0, 0.05) is 25.2 Å². The molecule has 1 aromatic heterocycles. The second-order valence-corrected chi connectivity index (χ2v) is 5.92. The second-order valence-electron chi connectivity index (χ2n) is 5.92. The van der Waals surface area contributed by atoms with Gasteiger partial charge in [-0.05, 0) is 32.7 Å². The van der Waals surface area contributed by atoms with E-state index in [0.29, 0.717) is 17.4 Å². The molecule has 6 heteroatoms. The minimum absolute atomic E-state index is 0.0301. The maximum absolute atomic E-state index is 12.7. The number of nitrogen functional groups attached to an aromatic ring is 1. The molecule has 0 aromatic carbocycles. The Balaban J connectivity index is 1.80. The summed E-state index contributed by atoms with van der Waals surface area (Å²) >= 11 is 0. The van der Waals surface area contributed by atoms with Gasteiger partial charge >= 0.3 is 0 Å². The molecule has 1 amide bonds. The van der Waals surface area contributed by atoms with Gasteiger partial charge in [0.25, 0.3) is 5.91 Å². The van der Waals surface area contributed by atoms with Gasteiger partial charge in [0.05, 0.1) is 11.4 Å². The van der Waals surface area contributed by atoms with Crippen LogP contribution in [0.4, 0.5) is 5.69 Å². The number of hydrogen-bond donors (Lipinski definition) is 2. The maximum atomic E-state index is 12.7. The summed E-state index contributed by atoms with van der Waals surface area (Å²) in [4.78, 5) is 17.1. The van der Waals surface area contributed by atoms with Crippen molar-refractivity contribution in [1.29, 1.82) is 0 Å². The lowest BCUT2D eigenvalue weighted by molar-refractivity contribution is 0.0391. The zero-order valence-corrected chi connectivity index (χ0v) is 12.2. The number of nitrogens with one attached hydrogen (secondary N) is 1. The molecule has 2 atom stereocenters. The number of aromatic nitrogens is 2. The first kappa shape index (κ1) is 13.4. The highest BCUT2D eigenvalue weighted by atomic mass is 16.2. The number of nitrogens with zero attached hydrogens (tertiary/aromatic N) is 3. The third-order valence-electron chi connectivity index (χ3n) is 4.64. The van der Waals surface area contributed by atoms with Crippen molar-refractivity contribution >= 4 is 11.6 Å². The second kappa shape index (κ2) is 5.09. The third kappa shape index (κ3) is 2.08.